The van der Waals surface area contributed by atoms with Gasteiger partial charge < -0.3 is 15.0 Å². The first-order chi connectivity index (χ1) is 23.0. The third-order valence-electron chi connectivity index (χ3n) is 7.88. The molecule has 254 valence electrons. The Morgan fingerprint density at radius 3 is 2.17 bits per heavy atom. The smallest absolute Gasteiger partial charge is 0.264 e. The van der Waals surface area contributed by atoms with E-state index in [4.69, 9.17) is 16.3 Å². The third kappa shape index (κ3) is 9.78. The van der Waals surface area contributed by atoms with Crippen molar-refractivity contribution >= 4 is 50.9 Å². The Morgan fingerprint density at radius 1 is 0.896 bits per heavy atom. The quantitative estimate of drug-likeness (QED) is 0.124. The minimum Gasteiger partial charge on any atom is -0.494 e. The van der Waals surface area contributed by atoms with Crippen LogP contribution in [0.4, 0.5) is 5.69 Å². The fourth-order valence-corrected chi connectivity index (χ4v) is 7.14. The summed E-state index contributed by atoms with van der Waals surface area (Å²) < 4.78 is 35.3. The van der Waals surface area contributed by atoms with Gasteiger partial charge in [-0.2, -0.15) is 0 Å². The Labute approximate surface area is 293 Å². The van der Waals surface area contributed by atoms with Crippen LogP contribution < -0.4 is 14.4 Å². The van der Waals surface area contributed by atoms with Gasteiger partial charge in [-0.25, -0.2) is 8.42 Å². The summed E-state index contributed by atoms with van der Waals surface area (Å²) in [5.74, 6) is -0.304. The summed E-state index contributed by atoms with van der Waals surface area (Å²) in [7, 11) is -4.23. The highest BCUT2D eigenvalue weighted by Gasteiger charge is 2.35. The van der Waals surface area contributed by atoms with Crippen molar-refractivity contribution in [3.05, 3.63) is 119 Å². The van der Waals surface area contributed by atoms with Crippen LogP contribution in [0.15, 0.2) is 113 Å². The molecule has 0 aliphatic rings. The summed E-state index contributed by atoms with van der Waals surface area (Å²) in [6, 6.07) is 28.6. The zero-order valence-electron chi connectivity index (χ0n) is 27.6. The van der Waals surface area contributed by atoms with E-state index in [9.17, 15) is 18.0 Å². The van der Waals surface area contributed by atoms with E-state index >= 15 is 0 Å². The van der Waals surface area contributed by atoms with Crippen LogP contribution >= 0.6 is 23.4 Å². The molecule has 0 aliphatic heterocycles. The summed E-state index contributed by atoms with van der Waals surface area (Å²) in [5, 5.41) is 3.53. The maximum absolute atomic E-state index is 14.6. The number of rotatable bonds is 16. The van der Waals surface area contributed by atoms with Gasteiger partial charge >= 0.3 is 0 Å². The maximum atomic E-state index is 14.6. The van der Waals surface area contributed by atoms with E-state index in [1.165, 1.54) is 28.8 Å². The zero-order chi connectivity index (χ0) is 34.7. The molecule has 4 aromatic rings. The van der Waals surface area contributed by atoms with Crippen LogP contribution in [0.1, 0.15) is 38.3 Å². The minimum atomic E-state index is -4.23. The van der Waals surface area contributed by atoms with Crippen LogP contribution in [0.3, 0.4) is 0 Å². The fraction of sp³-hybridized carbons (Fsp3) is 0.297. The fourth-order valence-electron chi connectivity index (χ4n) is 5.11. The van der Waals surface area contributed by atoms with Crippen molar-refractivity contribution in [2.75, 3.05) is 23.7 Å². The largest absolute Gasteiger partial charge is 0.494 e. The van der Waals surface area contributed by atoms with Gasteiger partial charge in [-0.1, -0.05) is 61.0 Å². The molecular formula is C37H42ClN3O5S2. The molecule has 4 aromatic carbocycles. The van der Waals surface area contributed by atoms with Crippen molar-refractivity contribution in [3.63, 3.8) is 0 Å². The first kappa shape index (κ1) is 36.8. The Bertz CT molecular complexity index is 1750. The van der Waals surface area contributed by atoms with Gasteiger partial charge in [-0.05, 0) is 98.3 Å². The highest BCUT2D eigenvalue weighted by atomic mass is 35.5. The maximum Gasteiger partial charge on any atom is 0.264 e. The lowest BCUT2D eigenvalue weighted by atomic mass is 10.0. The lowest BCUT2D eigenvalue weighted by Gasteiger charge is -2.34. The second kappa shape index (κ2) is 17.4. The van der Waals surface area contributed by atoms with Gasteiger partial charge in [0, 0.05) is 28.9 Å². The van der Waals surface area contributed by atoms with Gasteiger partial charge in [0.15, 0.2) is 0 Å². The Morgan fingerprint density at radius 2 is 1.56 bits per heavy atom. The highest BCUT2D eigenvalue weighted by molar-refractivity contribution is 7.98. The second-order valence-corrected chi connectivity index (χ2v) is 14.5. The number of halogens is 1. The van der Waals surface area contributed by atoms with E-state index in [0.717, 1.165) is 14.8 Å². The highest BCUT2D eigenvalue weighted by Crippen LogP contribution is 2.28. The normalized spacial score (nSPS) is 12.5. The first-order valence-electron chi connectivity index (χ1n) is 15.8. The number of amides is 2. The van der Waals surface area contributed by atoms with Crippen molar-refractivity contribution in [1.82, 2.24) is 10.2 Å². The summed E-state index contributed by atoms with van der Waals surface area (Å²) in [5.41, 5.74) is 1.84. The number of hydrogen-bond donors (Lipinski definition) is 1. The van der Waals surface area contributed by atoms with Crippen LogP contribution in [-0.2, 0) is 32.6 Å². The van der Waals surface area contributed by atoms with Gasteiger partial charge in [-0.15, -0.1) is 11.8 Å². The van der Waals surface area contributed by atoms with Crippen LogP contribution in [0.5, 0.6) is 5.75 Å². The molecule has 0 fully saturated rings. The molecule has 8 nitrogen and oxygen atoms in total. The van der Waals surface area contributed by atoms with E-state index in [0.29, 0.717) is 29.4 Å². The average Bonchev–Trinajstić information content (AvgIpc) is 3.09. The van der Waals surface area contributed by atoms with E-state index in [2.05, 4.69) is 5.32 Å². The molecule has 0 spiro atoms. The van der Waals surface area contributed by atoms with E-state index in [-0.39, 0.29) is 35.5 Å². The number of anilines is 1. The molecule has 2 amide bonds. The molecule has 0 aromatic heterocycles. The molecule has 11 heteroatoms. The molecule has 0 aliphatic carbocycles. The van der Waals surface area contributed by atoms with E-state index in [1.54, 1.807) is 54.6 Å². The summed E-state index contributed by atoms with van der Waals surface area (Å²) in [4.78, 5) is 31.0. The topological polar surface area (TPSA) is 96.0 Å². The number of thioether (sulfide) groups is 1. The van der Waals surface area contributed by atoms with Crippen LogP contribution in [0, 0.1) is 0 Å². The third-order valence-corrected chi connectivity index (χ3v) is 10.6. The standard InChI is InChI=1S/C37H42ClN3O5S2/c1-5-27(3)39-37(43)35(24-28-11-8-7-9-12-28)40(25-29-13-10-14-30(38)23-29)36(42)26-41(31-15-17-32(18-16-31)46-6-2)48(44,45)34-21-19-33(47-4)20-22-34/h7-23,27,35H,5-6,24-26H2,1-4H3,(H,39,43)/t27-,35+/m0/s1. The van der Waals surface area contributed by atoms with Gasteiger partial charge in [0.2, 0.25) is 11.8 Å². The molecule has 2 atom stereocenters. The number of carbonyl (C=O) groups excluding carboxylic acids is 2. The van der Waals surface area contributed by atoms with Crippen molar-refractivity contribution in [1.29, 1.82) is 0 Å². The molecule has 0 saturated carbocycles. The predicted molar refractivity (Wildman–Crippen MR) is 194 cm³/mol. The predicted octanol–water partition coefficient (Wildman–Crippen LogP) is 7.21. The Kier molecular flexibility index (Phi) is 13.4. The van der Waals surface area contributed by atoms with Gasteiger partial charge in [0.1, 0.15) is 18.3 Å². The minimum absolute atomic E-state index is 0.0321. The lowest BCUT2D eigenvalue weighted by molar-refractivity contribution is -0.140. The van der Waals surface area contributed by atoms with Crippen LogP contribution in [-0.4, -0.2) is 56.6 Å². The van der Waals surface area contributed by atoms with Crippen molar-refractivity contribution in [2.45, 2.75) is 62.0 Å². The number of benzene rings is 4. The lowest BCUT2D eigenvalue weighted by Crippen LogP contribution is -2.54. The number of hydrogen-bond acceptors (Lipinski definition) is 6. The number of nitrogens with zero attached hydrogens (tertiary/aromatic N) is 2. The van der Waals surface area contributed by atoms with Crippen molar-refractivity contribution in [3.8, 4) is 5.75 Å². The second-order valence-electron chi connectivity index (χ2n) is 11.3. The first-order valence-corrected chi connectivity index (χ1v) is 18.9. The summed E-state index contributed by atoms with van der Waals surface area (Å²) in [6.45, 7) is 5.66. The number of sulfonamides is 1. The molecular weight excluding hydrogens is 666 g/mol. The molecule has 0 unspecified atom stereocenters. The van der Waals surface area contributed by atoms with Gasteiger partial charge in [0.25, 0.3) is 10.0 Å². The number of nitrogens with one attached hydrogen (secondary N) is 1. The number of ether oxygens (including phenoxy) is 1. The van der Waals surface area contributed by atoms with Gasteiger partial charge in [0.05, 0.1) is 17.2 Å². The summed E-state index contributed by atoms with van der Waals surface area (Å²) >= 11 is 7.83. The number of carbonyl (C=O) groups is 2. The SMILES string of the molecule is CCOc1ccc(N(CC(=O)N(Cc2cccc(Cl)c2)[C@H](Cc2ccccc2)C(=O)N[C@@H](C)CC)S(=O)(=O)c2ccc(SC)cc2)cc1. The molecule has 0 saturated heterocycles. The molecule has 0 bridgehead atoms. The monoisotopic (exact) mass is 707 g/mol. The van der Waals surface area contributed by atoms with Crippen LogP contribution in [0.25, 0.3) is 0 Å². The molecule has 0 heterocycles. The van der Waals surface area contributed by atoms with Crippen LogP contribution in [0.2, 0.25) is 5.02 Å². The molecule has 4 rings (SSSR count). The Balaban J connectivity index is 1.81. The molecule has 0 radical (unpaired) electrons. The van der Waals surface area contributed by atoms with Gasteiger partial charge in [-0.3, -0.25) is 13.9 Å². The molecule has 1 N–H and O–H groups in total. The average molecular weight is 708 g/mol. The summed E-state index contributed by atoms with van der Waals surface area (Å²) in [6.07, 6.45) is 2.83. The Hall–Kier alpha value is -3.99. The van der Waals surface area contributed by atoms with E-state index < -0.39 is 28.5 Å². The zero-order valence-corrected chi connectivity index (χ0v) is 30.0. The van der Waals surface area contributed by atoms with E-state index in [1.807, 2.05) is 63.4 Å². The van der Waals surface area contributed by atoms with Crippen molar-refractivity contribution in [2.24, 2.45) is 0 Å². The molecule has 48 heavy (non-hydrogen) atoms. The van der Waals surface area contributed by atoms with Crippen molar-refractivity contribution < 1.29 is 22.7 Å².